The molecule has 0 heterocycles. The van der Waals surface area contributed by atoms with Crippen molar-refractivity contribution in [3.05, 3.63) is 29.3 Å². The summed E-state index contributed by atoms with van der Waals surface area (Å²) in [5.41, 5.74) is 1.26. The van der Waals surface area contributed by atoms with E-state index in [1.54, 1.807) is 30.0 Å². The van der Waals surface area contributed by atoms with Crippen molar-refractivity contribution in [1.82, 2.24) is 4.90 Å². The lowest BCUT2D eigenvalue weighted by molar-refractivity contribution is 0.0726. The second-order valence-electron chi connectivity index (χ2n) is 4.94. The number of carbonyl (C=O) groups is 1. The molecule has 0 aromatic heterocycles. The SMILES string of the molecule is Cc1c(O)cccc1C(=O)N(C)C(C)C1CC1. The Labute approximate surface area is 102 Å². The number of phenolic OH excluding ortho intramolecular Hbond substituents is 1. The number of nitrogens with zero attached hydrogens (tertiary/aromatic N) is 1. The average molecular weight is 233 g/mol. The molecule has 1 aromatic rings. The summed E-state index contributed by atoms with van der Waals surface area (Å²) in [6, 6.07) is 5.37. The first-order chi connectivity index (χ1) is 8.02. The van der Waals surface area contributed by atoms with E-state index in [1.807, 2.05) is 7.05 Å². The van der Waals surface area contributed by atoms with E-state index in [1.165, 1.54) is 12.8 Å². The lowest BCUT2D eigenvalue weighted by Gasteiger charge is -2.25. The van der Waals surface area contributed by atoms with Crippen molar-refractivity contribution in [2.75, 3.05) is 7.05 Å². The molecule has 17 heavy (non-hydrogen) atoms. The van der Waals surface area contributed by atoms with E-state index in [4.69, 9.17) is 0 Å². The van der Waals surface area contributed by atoms with Crippen molar-refractivity contribution in [3.8, 4) is 5.75 Å². The number of carbonyl (C=O) groups excluding carboxylic acids is 1. The molecule has 1 aliphatic carbocycles. The lowest BCUT2D eigenvalue weighted by atomic mass is 10.1. The van der Waals surface area contributed by atoms with Crippen LogP contribution in [-0.2, 0) is 0 Å². The Morgan fingerprint density at radius 2 is 2.12 bits per heavy atom. The summed E-state index contributed by atoms with van der Waals surface area (Å²) in [6.07, 6.45) is 2.44. The summed E-state index contributed by atoms with van der Waals surface area (Å²) < 4.78 is 0. The van der Waals surface area contributed by atoms with E-state index in [-0.39, 0.29) is 17.7 Å². The van der Waals surface area contributed by atoms with E-state index in [9.17, 15) is 9.90 Å². The van der Waals surface area contributed by atoms with Crippen molar-refractivity contribution in [1.29, 1.82) is 0 Å². The minimum atomic E-state index is -0.00204. The number of rotatable bonds is 3. The van der Waals surface area contributed by atoms with Gasteiger partial charge in [-0.3, -0.25) is 4.79 Å². The van der Waals surface area contributed by atoms with Gasteiger partial charge in [-0.25, -0.2) is 0 Å². The molecule has 92 valence electrons. The summed E-state index contributed by atoms with van der Waals surface area (Å²) in [7, 11) is 1.84. The van der Waals surface area contributed by atoms with Gasteiger partial charge in [-0.2, -0.15) is 0 Å². The van der Waals surface area contributed by atoms with Crippen molar-refractivity contribution in [3.63, 3.8) is 0 Å². The molecule has 0 aliphatic heterocycles. The van der Waals surface area contributed by atoms with Crippen molar-refractivity contribution in [2.24, 2.45) is 5.92 Å². The van der Waals surface area contributed by atoms with E-state index in [0.29, 0.717) is 17.0 Å². The average Bonchev–Trinajstić information content (AvgIpc) is 3.14. The van der Waals surface area contributed by atoms with Crippen LogP contribution in [0.1, 0.15) is 35.7 Å². The zero-order chi connectivity index (χ0) is 12.6. The molecule has 1 unspecified atom stereocenters. The molecule has 0 radical (unpaired) electrons. The first-order valence-electron chi connectivity index (χ1n) is 6.08. The van der Waals surface area contributed by atoms with E-state index < -0.39 is 0 Å². The summed E-state index contributed by atoms with van der Waals surface area (Å²) in [6.45, 7) is 3.87. The van der Waals surface area contributed by atoms with Crippen molar-refractivity contribution in [2.45, 2.75) is 32.7 Å². The van der Waals surface area contributed by atoms with Gasteiger partial charge in [0.15, 0.2) is 0 Å². The Hall–Kier alpha value is -1.51. The smallest absolute Gasteiger partial charge is 0.254 e. The lowest BCUT2D eigenvalue weighted by Crippen LogP contribution is -2.36. The van der Waals surface area contributed by atoms with Gasteiger partial charge in [0.2, 0.25) is 0 Å². The Balaban J connectivity index is 2.21. The fraction of sp³-hybridized carbons (Fsp3) is 0.500. The van der Waals surface area contributed by atoms with Crippen LogP contribution in [0.4, 0.5) is 0 Å². The second kappa shape index (κ2) is 4.40. The fourth-order valence-electron chi connectivity index (χ4n) is 2.12. The number of amides is 1. The van der Waals surface area contributed by atoms with Crippen molar-refractivity contribution >= 4 is 5.91 Å². The Kier molecular flexibility index (Phi) is 3.09. The maximum absolute atomic E-state index is 12.3. The monoisotopic (exact) mass is 233 g/mol. The molecular weight excluding hydrogens is 214 g/mol. The summed E-state index contributed by atoms with van der Waals surface area (Å²) >= 11 is 0. The van der Waals surface area contributed by atoms with Gasteiger partial charge < -0.3 is 10.0 Å². The van der Waals surface area contributed by atoms with Crippen LogP contribution >= 0.6 is 0 Å². The number of hydrogen-bond donors (Lipinski definition) is 1. The molecule has 0 bridgehead atoms. The molecule has 0 spiro atoms. The molecule has 1 N–H and O–H groups in total. The van der Waals surface area contributed by atoms with Crippen LogP contribution in [-0.4, -0.2) is 29.0 Å². The highest BCUT2D eigenvalue weighted by Gasteiger charge is 2.33. The minimum absolute atomic E-state index is 0.00204. The molecular formula is C14H19NO2. The highest BCUT2D eigenvalue weighted by molar-refractivity contribution is 5.96. The largest absolute Gasteiger partial charge is 0.508 e. The maximum Gasteiger partial charge on any atom is 0.254 e. The van der Waals surface area contributed by atoms with Gasteiger partial charge in [0.25, 0.3) is 5.91 Å². The molecule has 1 atom stereocenters. The van der Waals surface area contributed by atoms with Gasteiger partial charge in [0, 0.05) is 24.2 Å². The molecule has 3 nitrogen and oxygen atoms in total. The Bertz CT molecular complexity index is 438. The maximum atomic E-state index is 12.3. The highest BCUT2D eigenvalue weighted by atomic mass is 16.3. The quantitative estimate of drug-likeness (QED) is 0.871. The van der Waals surface area contributed by atoms with Crippen LogP contribution in [0.3, 0.4) is 0 Å². The fourth-order valence-corrected chi connectivity index (χ4v) is 2.12. The number of aromatic hydroxyl groups is 1. The van der Waals surface area contributed by atoms with Crippen molar-refractivity contribution < 1.29 is 9.90 Å². The zero-order valence-electron chi connectivity index (χ0n) is 10.6. The molecule has 1 aliphatic rings. The van der Waals surface area contributed by atoms with Gasteiger partial charge in [0.1, 0.15) is 5.75 Å². The number of benzene rings is 1. The van der Waals surface area contributed by atoms with Crippen LogP contribution in [0.5, 0.6) is 5.75 Å². The molecule has 0 saturated heterocycles. The Morgan fingerprint density at radius 3 is 2.71 bits per heavy atom. The molecule has 3 heteroatoms. The van der Waals surface area contributed by atoms with E-state index in [2.05, 4.69) is 6.92 Å². The zero-order valence-corrected chi connectivity index (χ0v) is 10.6. The van der Waals surface area contributed by atoms with Crippen LogP contribution in [0.15, 0.2) is 18.2 Å². The third-order valence-corrected chi connectivity index (χ3v) is 3.77. The normalized spacial score (nSPS) is 16.6. The summed E-state index contributed by atoms with van der Waals surface area (Å²) in [4.78, 5) is 14.1. The second-order valence-corrected chi connectivity index (χ2v) is 4.94. The van der Waals surface area contributed by atoms with E-state index >= 15 is 0 Å². The van der Waals surface area contributed by atoms with Crippen LogP contribution in [0.25, 0.3) is 0 Å². The molecule has 1 fully saturated rings. The number of phenols is 1. The highest BCUT2D eigenvalue weighted by Crippen LogP contribution is 2.35. The van der Waals surface area contributed by atoms with Gasteiger partial charge >= 0.3 is 0 Å². The summed E-state index contributed by atoms with van der Waals surface area (Å²) in [5, 5.41) is 9.62. The molecule has 1 aromatic carbocycles. The minimum Gasteiger partial charge on any atom is -0.508 e. The predicted octanol–water partition coefficient (Wildman–Crippen LogP) is 2.57. The number of hydrogen-bond acceptors (Lipinski definition) is 2. The first-order valence-corrected chi connectivity index (χ1v) is 6.08. The third-order valence-electron chi connectivity index (χ3n) is 3.77. The molecule has 1 amide bonds. The molecule has 1 saturated carbocycles. The standard InChI is InChI=1S/C14H19NO2/c1-9-12(5-4-6-13(9)16)14(17)15(3)10(2)11-7-8-11/h4-6,10-11,16H,7-8H2,1-3H3. The van der Waals surface area contributed by atoms with Gasteiger partial charge in [-0.15, -0.1) is 0 Å². The van der Waals surface area contributed by atoms with E-state index in [0.717, 1.165) is 0 Å². The predicted molar refractivity (Wildman–Crippen MR) is 67.1 cm³/mol. The van der Waals surface area contributed by atoms with Gasteiger partial charge in [-0.05, 0) is 44.7 Å². The van der Waals surface area contributed by atoms with Crippen LogP contribution in [0, 0.1) is 12.8 Å². The van der Waals surface area contributed by atoms with Crippen LogP contribution < -0.4 is 0 Å². The topological polar surface area (TPSA) is 40.5 Å². The van der Waals surface area contributed by atoms with Gasteiger partial charge in [-0.1, -0.05) is 6.07 Å². The van der Waals surface area contributed by atoms with Gasteiger partial charge in [0.05, 0.1) is 0 Å². The third kappa shape index (κ3) is 2.28. The first kappa shape index (κ1) is 12.0. The summed E-state index contributed by atoms with van der Waals surface area (Å²) in [5.74, 6) is 0.836. The Morgan fingerprint density at radius 1 is 1.47 bits per heavy atom. The molecule has 2 rings (SSSR count). The van der Waals surface area contributed by atoms with Crippen LogP contribution in [0.2, 0.25) is 0 Å².